The van der Waals surface area contributed by atoms with Gasteiger partial charge < -0.3 is 9.64 Å². The Balaban J connectivity index is 1.48. The minimum atomic E-state index is -0.587. The van der Waals surface area contributed by atoms with Crippen LogP contribution in [0, 0.1) is 23.2 Å². The van der Waals surface area contributed by atoms with Crippen LogP contribution in [0.5, 0.6) is 0 Å². The van der Waals surface area contributed by atoms with E-state index in [0.717, 1.165) is 4.57 Å². The van der Waals surface area contributed by atoms with E-state index in [1.54, 1.807) is 23.2 Å². The number of carbonyl (C=O) groups is 1. The monoisotopic (exact) mass is 697 g/mol. The van der Waals surface area contributed by atoms with Crippen LogP contribution in [0.3, 0.4) is 0 Å². The number of carbonyl (C=O) groups excluding carboxylic acids is 1. The summed E-state index contributed by atoms with van der Waals surface area (Å²) in [6.07, 6.45) is 5.50. The first-order valence-electron chi connectivity index (χ1n) is 16.6. The number of amides is 1. The van der Waals surface area contributed by atoms with E-state index in [0.29, 0.717) is 81.1 Å². The normalized spacial score (nSPS) is 16.7. The van der Waals surface area contributed by atoms with Gasteiger partial charge in [0.1, 0.15) is 17.5 Å². The summed E-state index contributed by atoms with van der Waals surface area (Å²) in [5.41, 5.74) is 1.79. The number of halogens is 1. The van der Waals surface area contributed by atoms with E-state index in [1.807, 2.05) is 31.5 Å². The zero-order chi connectivity index (χ0) is 36.1. The molecule has 1 aromatic carbocycles. The first kappa shape index (κ1) is 34.8. The van der Waals surface area contributed by atoms with E-state index >= 15 is 0 Å². The number of aromatic nitrogens is 7. The van der Waals surface area contributed by atoms with Gasteiger partial charge in [-0.25, -0.2) is 29.2 Å². The molecule has 6 rings (SSSR count). The van der Waals surface area contributed by atoms with Crippen LogP contribution >= 0.6 is 11.6 Å². The van der Waals surface area contributed by atoms with Crippen LogP contribution in [-0.2, 0) is 24.8 Å². The van der Waals surface area contributed by atoms with E-state index in [-0.39, 0.29) is 30.5 Å². The van der Waals surface area contributed by atoms with Gasteiger partial charge in [0.15, 0.2) is 5.65 Å². The third-order valence-corrected chi connectivity index (χ3v) is 9.15. The summed E-state index contributed by atoms with van der Waals surface area (Å²) in [7, 11) is 1.43. The third-order valence-electron chi connectivity index (χ3n) is 8.96. The van der Waals surface area contributed by atoms with Crippen LogP contribution in [0.2, 0.25) is 5.02 Å². The molecule has 4 aromatic heterocycles. The molecule has 1 fully saturated rings. The number of ether oxygens (including phenoxy) is 1. The van der Waals surface area contributed by atoms with Crippen molar-refractivity contribution in [3.63, 3.8) is 0 Å². The summed E-state index contributed by atoms with van der Waals surface area (Å²) in [6.45, 7) is 12.8. The summed E-state index contributed by atoms with van der Waals surface area (Å²) in [6, 6.07) is 7.61. The molecule has 0 aliphatic carbocycles. The fraction of sp³-hybridized carbons (Fsp3) is 0.444. The maximum absolute atomic E-state index is 13.6. The molecule has 0 N–H and O–H groups in total. The average Bonchev–Trinajstić information content (AvgIpc) is 3.47. The predicted molar refractivity (Wildman–Crippen MR) is 190 cm³/mol. The third kappa shape index (κ3) is 6.59. The first-order valence-corrected chi connectivity index (χ1v) is 17.0. The Labute approximate surface area is 294 Å². The van der Waals surface area contributed by atoms with Crippen molar-refractivity contribution in [1.29, 1.82) is 5.26 Å². The van der Waals surface area contributed by atoms with Crippen molar-refractivity contribution in [3.8, 4) is 17.2 Å². The van der Waals surface area contributed by atoms with Crippen molar-refractivity contribution in [2.75, 3.05) is 13.1 Å². The number of pyridine rings is 1. The number of benzene rings is 1. The predicted octanol–water partition coefficient (Wildman–Crippen LogP) is 5.49. The highest BCUT2D eigenvalue weighted by molar-refractivity contribution is 6.30. The van der Waals surface area contributed by atoms with Crippen LogP contribution in [-0.4, -0.2) is 63.6 Å². The van der Waals surface area contributed by atoms with E-state index in [2.05, 4.69) is 36.8 Å². The van der Waals surface area contributed by atoms with Gasteiger partial charge in [0.05, 0.1) is 46.0 Å². The Hall–Kier alpha value is -5.09. The van der Waals surface area contributed by atoms with Crippen molar-refractivity contribution in [2.24, 2.45) is 18.9 Å². The van der Waals surface area contributed by atoms with Gasteiger partial charge in [-0.15, -0.1) is 0 Å². The molecule has 0 saturated carbocycles. The molecular weight excluding hydrogens is 658 g/mol. The summed E-state index contributed by atoms with van der Waals surface area (Å²) >= 11 is 5.97. The second-order valence-corrected chi connectivity index (χ2v) is 14.8. The van der Waals surface area contributed by atoms with E-state index in [9.17, 15) is 19.6 Å². The maximum atomic E-state index is 13.6. The number of fused-ring (bicyclic) bond motifs is 2. The standard InChI is InChI=1S/C36H40ClN9O4/c1-20(2)12-27-25(14-38)31(26-17-41-46(32(26)42-27)28-10-11-44(18-21(28)3)35(49)50-36(4,5)6)22-8-9-29-24(13-22)33(47)43(7)34(48)45(29)19-30-39-15-23(37)16-40-30/h8-9,13,15-17,20-21,28H,10-12,18-19H2,1-7H3/t21-,28-/m1/s1. The highest BCUT2D eigenvalue weighted by atomic mass is 35.5. The molecule has 0 unspecified atom stereocenters. The molecule has 1 amide bonds. The minimum Gasteiger partial charge on any atom is -0.444 e. The molecule has 5 heterocycles. The van der Waals surface area contributed by atoms with Crippen molar-refractivity contribution in [1.82, 2.24) is 38.8 Å². The molecule has 14 heteroatoms. The number of nitriles is 1. The Kier molecular flexibility index (Phi) is 9.26. The zero-order valence-electron chi connectivity index (χ0n) is 29.3. The molecule has 0 radical (unpaired) electrons. The van der Waals surface area contributed by atoms with Crippen molar-refractivity contribution in [2.45, 2.75) is 72.6 Å². The lowest BCUT2D eigenvalue weighted by Crippen LogP contribution is -2.45. The average molecular weight is 698 g/mol. The van der Waals surface area contributed by atoms with Crippen LogP contribution < -0.4 is 11.2 Å². The van der Waals surface area contributed by atoms with Gasteiger partial charge in [-0.1, -0.05) is 38.4 Å². The molecular formula is C36H40ClN9O4. The molecule has 0 spiro atoms. The molecule has 1 saturated heterocycles. The number of likely N-dealkylation sites (tertiary alicyclic amines) is 1. The zero-order valence-corrected chi connectivity index (χ0v) is 30.0. The van der Waals surface area contributed by atoms with Crippen LogP contribution in [0.4, 0.5) is 4.79 Å². The van der Waals surface area contributed by atoms with E-state index < -0.39 is 16.9 Å². The first-order chi connectivity index (χ1) is 23.7. The van der Waals surface area contributed by atoms with Gasteiger partial charge in [-0.3, -0.25) is 13.9 Å². The SMILES string of the molecule is CC(C)Cc1nc2c(cnn2[C@@H]2CCN(C(=O)OC(C)(C)C)C[C@H]2C)c(-c2ccc3c(c2)c(=O)n(C)c(=O)n3Cc2ncc(Cl)cn2)c1C#N. The molecule has 0 bridgehead atoms. The Morgan fingerprint density at radius 2 is 1.86 bits per heavy atom. The van der Waals surface area contributed by atoms with Gasteiger partial charge in [0.2, 0.25) is 0 Å². The van der Waals surface area contributed by atoms with E-state index in [4.69, 9.17) is 26.4 Å². The van der Waals surface area contributed by atoms with Crippen molar-refractivity contribution < 1.29 is 9.53 Å². The molecule has 1 aliphatic heterocycles. The lowest BCUT2D eigenvalue weighted by molar-refractivity contribution is 0.0120. The fourth-order valence-electron chi connectivity index (χ4n) is 6.66. The maximum Gasteiger partial charge on any atom is 0.410 e. The van der Waals surface area contributed by atoms with Crippen molar-refractivity contribution in [3.05, 3.63) is 79.7 Å². The summed E-state index contributed by atoms with van der Waals surface area (Å²) in [5.74, 6) is 0.611. The summed E-state index contributed by atoms with van der Waals surface area (Å²) in [5, 5.41) is 16.7. The number of hydrogen-bond donors (Lipinski definition) is 0. The number of hydrogen-bond acceptors (Lipinski definition) is 9. The van der Waals surface area contributed by atoms with Crippen LogP contribution in [0.25, 0.3) is 33.1 Å². The van der Waals surface area contributed by atoms with Gasteiger partial charge in [0.25, 0.3) is 5.56 Å². The lowest BCUT2D eigenvalue weighted by atomic mass is 9.92. The molecule has 2 atom stereocenters. The van der Waals surface area contributed by atoms with Crippen molar-refractivity contribution >= 4 is 39.6 Å². The molecule has 260 valence electrons. The second-order valence-electron chi connectivity index (χ2n) is 14.4. The minimum absolute atomic E-state index is 0.0269. The van der Waals surface area contributed by atoms with E-state index in [1.165, 1.54) is 24.0 Å². The number of rotatable bonds is 6. The lowest BCUT2D eigenvalue weighted by Gasteiger charge is -2.37. The Morgan fingerprint density at radius 3 is 2.50 bits per heavy atom. The van der Waals surface area contributed by atoms with Gasteiger partial charge in [0, 0.05) is 43.5 Å². The smallest absolute Gasteiger partial charge is 0.410 e. The van der Waals surface area contributed by atoms with Gasteiger partial charge in [-0.05, 0) is 63.1 Å². The highest BCUT2D eigenvalue weighted by Crippen LogP contribution is 2.38. The molecule has 13 nitrogen and oxygen atoms in total. The molecule has 5 aromatic rings. The quantitative estimate of drug-likeness (QED) is 0.224. The topological polar surface area (TPSA) is 154 Å². The van der Waals surface area contributed by atoms with Crippen LogP contribution in [0.1, 0.15) is 71.1 Å². The Morgan fingerprint density at radius 1 is 1.14 bits per heavy atom. The molecule has 50 heavy (non-hydrogen) atoms. The van der Waals surface area contributed by atoms with Gasteiger partial charge in [-0.2, -0.15) is 10.4 Å². The molecule has 1 aliphatic rings. The van der Waals surface area contributed by atoms with Crippen LogP contribution in [0.15, 0.2) is 46.4 Å². The number of nitrogens with zero attached hydrogens (tertiary/aromatic N) is 9. The summed E-state index contributed by atoms with van der Waals surface area (Å²) in [4.78, 5) is 55.0. The van der Waals surface area contributed by atoms with Gasteiger partial charge >= 0.3 is 11.8 Å². The Bertz CT molecular complexity index is 2280. The largest absolute Gasteiger partial charge is 0.444 e. The highest BCUT2D eigenvalue weighted by Gasteiger charge is 2.34. The number of piperidine rings is 1. The summed E-state index contributed by atoms with van der Waals surface area (Å²) < 4.78 is 10.1. The fourth-order valence-corrected chi connectivity index (χ4v) is 6.75. The second kappa shape index (κ2) is 13.3.